The molecule has 0 saturated heterocycles. The molecule has 2 N–H and O–H groups in total. The van der Waals surface area contributed by atoms with Crippen molar-refractivity contribution in [2.75, 3.05) is 6.54 Å². The van der Waals surface area contributed by atoms with Crippen LogP contribution in [0.1, 0.15) is 24.8 Å². The van der Waals surface area contributed by atoms with E-state index in [2.05, 4.69) is 5.32 Å². The number of hydrogen-bond acceptors (Lipinski definition) is 2. The van der Waals surface area contributed by atoms with Gasteiger partial charge in [0.15, 0.2) is 0 Å². The fourth-order valence-electron chi connectivity index (χ4n) is 2.68. The summed E-state index contributed by atoms with van der Waals surface area (Å²) in [5, 5.41) is 12.3. The van der Waals surface area contributed by atoms with Crippen molar-refractivity contribution in [1.82, 2.24) is 5.32 Å². The molecular weight excluding hydrogens is 269 g/mol. The van der Waals surface area contributed by atoms with Gasteiger partial charge in [0, 0.05) is 12.1 Å². The maximum atomic E-state index is 13.6. The van der Waals surface area contributed by atoms with Gasteiger partial charge in [-0.3, -0.25) is 4.79 Å². The van der Waals surface area contributed by atoms with Crippen molar-refractivity contribution in [1.29, 1.82) is 0 Å². The highest BCUT2D eigenvalue weighted by Gasteiger charge is 2.32. The highest BCUT2D eigenvalue weighted by molar-refractivity contribution is 6.30. The summed E-state index contributed by atoms with van der Waals surface area (Å²) in [5.41, 5.74) is 0.511. The minimum Gasteiger partial charge on any atom is -0.481 e. The lowest BCUT2D eigenvalue weighted by Crippen LogP contribution is -2.29. The first-order valence-corrected chi connectivity index (χ1v) is 6.84. The first-order valence-electron chi connectivity index (χ1n) is 6.46. The molecule has 0 amide bonds. The number of carbonyl (C=O) groups is 1. The van der Waals surface area contributed by atoms with Gasteiger partial charge in [-0.1, -0.05) is 30.2 Å². The van der Waals surface area contributed by atoms with Crippen molar-refractivity contribution in [2.45, 2.75) is 25.8 Å². The minimum atomic E-state index is -0.724. The average Bonchev–Trinajstić information content (AvgIpc) is 2.83. The van der Waals surface area contributed by atoms with Gasteiger partial charge < -0.3 is 10.4 Å². The molecule has 1 aromatic rings. The van der Waals surface area contributed by atoms with Crippen LogP contribution in [0.15, 0.2) is 18.2 Å². The number of carboxylic acid groups (broad SMARTS) is 1. The van der Waals surface area contributed by atoms with E-state index in [0.717, 1.165) is 19.3 Å². The Morgan fingerprint density at radius 2 is 2.26 bits per heavy atom. The lowest BCUT2D eigenvalue weighted by Gasteiger charge is -2.16. The molecule has 2 atom stereocenters. The second-order valence-electron chi connectivity index (χ2n) is 4.98. The highest BCUT2D eigenvalue weighted by Crippen LogP contribution is 2.31. The van der Waals surface area contributed by atoms with Crippen LogP contribution in [-0.2, 0) is 11.3 Å². The lowest BCUT2D eigenvalue weighted by molar-refractivity contribution is -0.142. The molecule has 2 unspecified atom stereocenters. The standard InChI is InChI=1S/C14H17ClFNO2/c15-12-6-2-4-10(13(12)16)8-17-7-9-3-1-5-11(9)14(18)19/h2,4,6,9,11,17H,1,3,5,7-8H2,(H,18,19). The Hall–Kier alpha value is -1.13. The van der Waals surface area contributed by atoms with Gasteiger partial charge >= 0.3 is 5.97 Å². The first kappa shape index (κ1) is 14.3. The topological polar surface area (TPSA) is 49.3 Å². The summed E-state index contributed by atoms with van der Waals surface area (Å²) in [7, 11) is 0. The molecule has 0 spiro atoms. The molecular formula is C14H17ClFNO2. The summed E-state index contributed by atoms with van der Waals surface area (Å²) in [5.74, 6) is -1.26. The summed E-state index contributed by atoms with van der Waals surface area (Å²) < 4.78 is 13.6. The zero-order valence-electron chi connectivity index (χ0n) is 10.5. The van der Waals surface area contributed by atoms with Gasteiger partial charge in [-0.2, -0.15) is 0 Å². The monoisotopic (exact) mass is 285 g/mol. The van der Waals surface area contributed by atoms with Crippen LogP contribution in [0.2, 0.25) is 5.02 Å². The fourth-order valence-corrected chi connectivity index (χ4v) is 2.88. The second kappa shape index (κ2) is 6.35. The summed E-state index contributed by atoms with van der Waals surface area (Å²) in [4.78, 5) is 11.0. The molecule has 1 aliphatic rings. The Balaban J connectivity index is 1.86. The normalized spacial score (nSPS) is 22.6. The summed E-state index contributed by atoms with van der Waals surface area (Å²) in [6.07, 6.45) is 2.62. The average molecular weight is 286 g/mol. The zero-order valence-corrected chi connectivity index (χ0v) is 11.3. The molecule has 3 nitrogen and oxygen atoms in total. The van der Waals surface area contributed by atoms with Crippen molar-refractivity contribution >= 4 is 17.6 Å². The smallest absolute Gasteiger partial charge is 0.306 e. The Morgan fingerprint density at radius 3 is 3.00 bits per heavy atom. The van der Waals surface area contributed by atoms with Gasteiger partial charge in [0.05, 0.1) is 10.9 Å². The first-order chi connectivity index (χ1) is 9.09. The number of halogens is 2. The number of aliphatic carboxylic acids is 1. The molecule has 0 heterocycles. The molecule has 0 bridgehead atoms. The fraction of sp³-hybridized carbons (Fsp3) is 0.500. The van der Waals surface area contributed by atoms with Crippen LogP contribution in [-0.4, -0.2) is 17.6 Å². The van der Waals surface area contributed by atoms with Crippen molar-refractivity contribution in [3.8, 4) is 0 Å². The van der Waals surface area contributed by atoms with Gasteiger partial charge in [0.2, 0.25) is 0 Å². The van der Waals surface area contributed by atoms with E-state index in [4.69, 9.17) is 16.7 Å². The van der Waals surface area contributed by atoms with Crippen molar-refractivity contribution in [3.05, 3.63) is 34.6 Å². The number of rotatable bonds is 5. The third-order valence-electron chi connectivity index (χ3n) is 3.73. The van der Waals surface area contributed by atoms with Crippen LogP contribution < -0.4 is 5.32 Å². The molecule has 1 aromatic carbocycles. The largest absolute Gasteiger partial charge is 0.481 e. The van der Waals surface area contributed by atoms with Gasteiger partial charge in [-0.05, 0) is 31.4 Å². The number of nitrogens with one attached hydrogen (secondary N) is 1. The molecule has 5 heteroatoms. The van der Waals surface area contributed by atoms with E-state index in [1.54, 1.807) is 12.1 Å². The molecule has 0 aliphatic heterocycles. The Labute approximate surface area is 116 Å². The second-order valence-corrected chi connectivity index (χ2v) is 5.39. The Bertz CT molecular complexity index is 467. The van der Waals surface area contributed by atoms with Crippen LogP contribution in [0, 0.1) is 17.7 Å². The van der Waals surface area contributed by atoms with Crippen LogP contribution in [0.4, 0.5) is 4.39 Å². The lowest BCUT2D eigenvalue weighted by atomic mass is 9.96. The van der Waals surface area contributed by atoms with E-state index >= 15 is 0 Å². The van der Waals surface area contributed by atoms with Gasteiger partial charge in [-0.25, -0.2) is 4.39 Å². The van der Waals surface area contributed by atoms with Crippen molar-refractivity contribution in [3.63, 3.8) is 0 Å². The molecule has 1 aliphatic carbocycles. The highest BCUT2D eigenvalue weighted by atomic mass is 35.5. The molecule has 1 saturated carbocycles. The summed E-state index contributed by atoms with van der Waals surface area (Å²) in [6, 6.07) is 4.90. The number of hydrogen-bond donors (Lipinski definition) is 2. The predicted molar refractivity (Wildman–Crippen MR) is 71.6 cm³/mol. The van der Waals surface area contributed by atoms with E-state index in [0.29, 0.717) is 18.7 Å². The predicted octanol–water partition coefficient (Wildman–Crippen LogP) is 3.07. The SMILES string of the molecule is O=C(O)C1CCCC1CNCc1cccc(Cl)c1F. The van der Waals surface area contributed by atoms with E-state index in [-0.39, 0.29) is 16.9 Å². The number of benzene rings is 1. The molecule has 104 valence electrons. The van der Waals surface area contributed by atoms with Crippen LogP contribution >= 0.6 is 11.6 Å². The quantitative estimate of drug-likeness (QED) is 0.874. The van der Waals surface area contributed by atoms with Gasteiger partial charge in [-0.15, -0.1) is 0 Å². The van der Waals surface area contributed by atoms with E-state index in [1.165, 1.54) is 6.07 Å². The molecule has 0 aromatic heterocycles. The summed E-state index contributed by atoms with van der Waals surface area (Å²) in [6.45, 7) is 0.970. The maximum absolute atomic E-state index is 13.6. The van der Waals surface area contributed by atoms with Crippen LogP contribution in [0.5, 0.6) is 0 Å². The Kier molecular flexibility index (Phi) is 4.77. The number of carboxylic acids is 1. The van der Waals surface area contributed by atoms with E-state index in [9.17, 15) is 9.18 Å². The van der Waals surface area contributed by atoms with E-state index < -0.39 is 11.8 Å². The third-order valence-corrected chi connectivity index (χ3v) is 4.02. The molecule has 2 rings (SSSR count). The van der Waals surface area contributed by atoms with Crippen LogP contribution in [0.3, 0.4) is 0 Å². The third kappa shape index (κ3) is 3.45. The molecule has 1 fully saturated rings. The Morgan fingerprint density at radius 1 is 1.47 bits per heavy atom. The van der Waals surface area contributed by atoms with E-state index in [1.807, 2.05) is 0 Å². The van der Waals surface area contributed by atoms with Crippen molar-refractivity contribution in [2.24, 2.45) is 11.8 Å². The van der Waals surface area contributed by atoms with Crippen molar-refractivity contribution < 1.29 is 14.3 Å². The zero-order chi connectivity index (χ0) is 13.8. The van der Waals surface area contributed by atoms with Crippen LogP contribution in [0.25, 0.3) is 0 Å². The van der Waals surface area contributed by atoms with Gasteiger partial charge in [0.1, 0.15) is 5.82 Å². The van der Waals surface area contributed by atoms with Gasteiger partial charge in [0.25, 0.3) is 0 Å². The maximum Gasteiger partial charge on any atom is 0.306 e. The molecule has 0 radical (unpaired) electrons. The molecule has 19 heavy (non-hydrogen) atoms. The summed E-state index contributed by atoms with van der Waals surface area (Å²) >= 11 is 5.70. The minimum absolute atomic E-state index is 0.114.